The second-order valence-corrected chi connectivity index (χ2v) is 5.13. The minimum atomic E-state index is -1.09. The quantitative estimate of drug-likeness (QED) is 0.501. The van der Waals surface area contributed by atoms with Gasteiger partial charge in [-0.2, -0.15) is 4.39 Å². The number of halogens is 3. The Kier molecular flexibility index (Phi) is 4.04. The summed E-state index contributed by atoms with van der Waals surface area (Å²) in [6.07, 6.45) is 0. The van der Waals surface area contributed by atoms with Crippen molar-refractivity contribution in [2.75, 3.05) is 0 Å². The van der Waals surface area contributed by atoms with Crippen LogP contribution in [-0.4, -0.2) is 5.84 Å². The van der Waals surface area contributed by atoms with Gasteiger partial charge in [0.15, 0.2) is 11.6 Å². The van der Waals surface area contributed by atoms with Crippen LogP contribution in [-0.2, 0) is 0 Å². The van der Waals surface area contributed by atoms with Crippen molar-refractivity contribution >= 4 is 21.8 Å². The summed E-state index contributed by atoms with van der Waals surface area (Å²) in [4.78, 5) is 0. The number of hydrogen-bond acceptors (Lipinski definition) is 2. The molecular formula is C14H11BrF2N2O. The van der Waals surface area contributed by atoms with Gasteiger partial charge in [0.05, 0.1) is 5.56 Å². The zero-order valence-corrected chi connectivity index (χ0v) is 12.1. The molecule has 0 bridgehead atoms. The van der Waals surface area contributed by atoms with E-state index in [0.717, 1.165) is 11.6 Å². The molecule has 0 saturated carbocycles. The Morgan fingerprint density at radius 1 is 1.20 bits per heavy atom. The van der Waals surface area contributed by atoms with Crippen molar-refractivity contribution in [1.82, 2.24) is 0 Å². The van der Waals surface area contributed by atoms with Crippen LogP contribution in [0.5, 0.6) is 11.5 Å². The first-order valence-electron chi connectivity index (χ1n) is 5.66. The number of nitrogens with one attached hydrogen (secondary N) is 1. The molecule has 20 heavy (non-hydrogen) atoms. The number of benzene rings is 2. The van der Waals surface area contributed by atoms with Gasteiger partial charge in [0.1, 0.15) is 11.6 Å². The van der Waals surface area contributed by atoms with Gasteiger partial charge < -0.3 is 10.5 Å². The van der Waals surface area contributed by atoms with Gasteiger partial charge in [-0.1, -0.05) is 22.0 Å². The number of ether oxygens (including phenoxy) is 1. The molecule has 0 aromatic heterocycles. The molecule has 6 heteroatoms. The van der Waals surface area contributed by atoms with Crippen LogP contribution in [0, 0.1) is 24.0 Å². The third-order valence-electron chi connectivity index (χ3n) is 2.61. The van der Waals surface area contributed by atoms with Crippen molar-refractivity contribution in [3.63, 3.8) is 0 Å². The van der Waals surface area contributed by atoms with E-state index in [1.807, 2.05) is 6.92 Å². The van der Waals surface area contributed by atoms with Crippen LogP contribution in [0.15, 0.2) is 34.8 Å². The van der Waals surface area contributed by atoms with E-state index in [4.69, 9.17) is 15.9 Å². The fraction of sp³-hybridized carbons (Fsp3) is 0.0714. The van der Waals surface area contributed by atoms with Gasteiger partial charge >= 0.3 is 0 Å². The summed E-state index contributed by atoms with van der Waals surface area (Å²) in [6, 6.07) is 7.27. The third-order valence-corrected chi connectivity index (χ3v) is 3.06. The number of rotatable bonds is 3. The summed E-state index contributed by atoms with van der Waals surface area (Å²) < 4.78 is 32.8. The van der Waals surface area contributed by atoms with Gasteiger partial charge in [0.2, 0.25) is 5.82 Å². The molecule has 104 valence electrons. The van der Waals surface area contributed by atoms with E-state index in [1.165, 1.54) is 6.07 Å². The molecule has 2 aromatic carbocycles. The lowest BCUT2D eigenvalue weighted by atomic mass is 10.1. The molecule has 2 rings (SSSR count). The van der Waals surface area contributed by atoms with E-state index in [2.05, 4.69) is 15.9 Å². The fourth-order valence-electron chi connectivity index (χ4n) is 1.66. The average molecular weight is 341 g/mol. The molecule has 3 N–H and O–H groups in total. The summed E-state index contributed by atoms with van der Waals surface area (Å²) in [7, 11) is 0. The van der Waals surface area contributed by atoms with Gasteiger partial charge in [0, 0.05) is 4.47 Å². The molecule has 0 aliphatic rings. The minimum absolute atomic E-state index is 0.203. The monoisotopic (exact) mass is 340 g/mol. The molecule has 0 radical (unpaired) electrons. The summed E-state index contributed by atoms with van der Waals surface area (Å²) >= 11 is 3.07. The lowest BCUT2D eigenvalue weighted by Crippen LogP contribution is -2.12. The van der Waals surface area contributed by atoms with E-state index in [-0.39, 0.29) is 17.3 Å². The Bertz CT molecular complexity index is 689. The molecule has 0 saturated heterocycles. The maximum absolute atomic E-state index is 13.7. The summed E-state index contributed by atoms with van der Waals surface area (Å²) in [6.45, 7) is 1.81. The molecule has 0 aliphatic carbocycles. The largest absolute Gasteiger partial charge is 0.453 e. The Morgan fingerprint density at radius 2 is 1.90 bits per heavy atom. The Labute approximate surface area is 123 Å². The van der Waals surface area contributed by atoms with E-state index in [1.54, 1.807) is 18.2 Å². The van der Waals surface area contributed by atoms with Crippen molar-refractivity contribution in [2.45, 2.75) is 6.92 Å². The SMILES string of the molecule is Cc1ccc(C(=N)N)c(Oc2cc(Br)cc(F)c2F)c1. The second-order valence-electron chi connectivity index (χ2n) is 4.22. The molecule has 2 aromatic rings. The number of aryl methyl sites for hydroxylation is 1. The zero-order valence-electron chi connectivity index (χ0n) is 10.5. The van der Waals surface area contributed by atoms with Crippen LogP contribution >= 0.6 is 15.9 Å². The minimum Gasteiger partial charge on any atom is -0.453 e. The fourth-order valence-corrected chi connectivity index (χ4v) is 2.07. The van der Waals surface area contributed by atoms with Gasteiger partial charge in [0.25, 0.3) is 0 Å². The van der Waals surface area contributed by atoms with Crippen LogP contribution < -0.4 is 10.5 Å². The predicted octanol–water partition coefficient (Wildman–Crippen LogP) is 4.11. The number of hydrogen-bond donors (Lipinski definition) is 2. The van der Waals surface area contributed by atoms with Gasteiger partial charge in [-0.15, -0.1) is 0 Å². The molecule has 0 amide bonds. The topological polar surface area (TPSA) is 59.1 Å². The molecular weight excluding hydrogens is 330 g/mol. The van der Waals surface area contributed by atoms with E-state index in [0.29, 0.717) is 10.0 Å². The van der Waals surface area contributed by atoms with Crippen LogP contribution in [0.2, 0.25) is 0 Å². The predicted molar refractivity (Wildman–Crippen MR) is 76.3 cm³/mol. The van der Waals surface area contributed by atoms with Gasteiger partial charge in [-0.3, -0.25) is 5.41 Å². The van der Waals surface area contributed by atoms with Crippen LogP contribution in [0.25, 0.3) is 0 Å². The van der Waals surface area contributed by atoms with Crippen LogP contribution in [0.1, 0.15) is 11.1 Å². The highest BCUT2D eigenvalue weighted by atomic mass is 79.9. The van der Waals surface area contributed by atoms with Crippen molar-refractivity contribution in [1.29, 1.82) is 5.41 Å². The number of nitrogen functional groups attached to an aromatic ring is 1. The smallest absolute Gasteiger partial charge is 0.201 e. The first-order valence-corrected chi connectivity index (χ1v) is 6.45. The molecule has 0 atom stereocenters. The van der Waals surface area contributed by atoms with E-state index in [9.17, 15) is 8.78 Å². The van der Waals surface area contributed by atoms with Crippen LogP contribution in [0.4, 0.5) is 8.78 Å². The van der Waals surface area contributed by atoms with Gasteiger partial charge in [-0.25, -0.2) is 4.39 Å². The standard InChI is InChI=1S/C14H11BrF2N2O/c1-7-2-3-9(14(18)19)11(4-7)20-12-6-8(15)5-10(16)13(12)17/h2-6H,1H3,(H3,18,19). The van der Waals surface area contributed by atoms with Crippen molar-refractivity contribution in [3.05, 3.63) is 57.6 Å². The number of amidine groups is 1. The van der Waals surface area contributed by atoms with Crippen molar-refractivity contribution in [2.24, 2.45) is 5.73 Å². The van der Waals surface area contributed by atoms with E-state index >= 15 is 0 Å². The lowest BCUT2D eigenvalue weighted by molar-refractivity contribution is 0.414. The third kappa shape index (κ3) is 2.96. The first kappa shape index (κ1) is 14.5. The Hall–Kier alpha value is -1.95. The molecule has 0 spiro atoms. The molecule has 0 aliphatic heterocycles. The Balaban J connectivity index is 2.50. The normalized spacial score (nSPS) is 10.4. The second kappa shape index (κ2) is 5.58. The highest BCUT2D eigenvalue weighted by Gasteiger charge is 2.15. The highest BCUT2D eigenvalue weighted by Crippen LogP contribution is 2.31. The maximum Gasteiger partial charge on any atom is 0.201 e. The van der Waals surface area contributed by atoms with Gasteiger partial charge in [-0.05, 0) is 36.8 Å². The molecule has 0 heterocycles. The Morgan fingerprint density at radius 3 is 2.55 bits per heavy atom. The van der Waals surface area contributed by atoms with Crippen LogP contribution in [0.3, 0.4) is 0 Å². The van der Waals surface area contributed by atoms with Crippen molar-refractivity contribution < 1.29 is 13.5 Å². The maximum atomic E-state index is 13.7. The first-order chi connectivity index (χ1) is 9.38. The highest BCUT2D eigenvalue weighted by molar-refractivity contribution is 9.10. The summed E-state index contributed by atoms with van der Waals surface area (Å²) in [5.41, 5.74) is 6.61. The summed E-state index contributed by atoms with van der Waals surface area (Å²) in [5.74, 6) is -2.40. The molecule has 0 unspecified atom stereocenters. The molecule has 0 fully saturated rings. The average Bonchev–Trinajstić information content (AvgIpc) is 2.35. The number of nitrogens with two attached hydrogens (primary N) is 1. The zero-order chi connectivity index (χ0) is 14.9. The van der Waals surface area contributed by atoms with Crippen molar-refractivity contribution in [3.8, 4) is 11.5 Å². The summed E-state index contributed by atoms with van der Waals surface area (Å²) in [5, 5.41) is 7.47. The molecule has 3 nitrogen and oxygen atoms in total. The van der Waals surface area contributed by atoms with E-state index < -0.39 is 11.6 Å². The lowest BCUT2D eigenvalue weighted by Gasteiger charge is -2.12.